The average Bonchev–Trinajstić information content (AvgIpc) is 3.05. The number of aromatic hydroxyl groups is 1. The molecule has 0 saturated heterocycles. The van der Waals surface area contributed by atoms with Crippen molar-refractivity contribution in [3.05, 3.63) is 21.9 Å². The minimum Gasteiger partial charge on any atom is -0.504 e. The Balaban J connectivity index is 2.54. The van der Waals surface area contributed by atoms with Crippen LogP contribution in [-0.2, 0) is 10.2 Å². The molecule has 0 radical (unpaired) electrons. The van der Waals surface area contributed by atoms with Crippen LogP contribution in [0.5, 0.6) is 11.5 Å². The maximum Gasteiger partial charge on any atom is 0.304 e. The number of phenolic OH excluding ortho intramolecular Hbond substituents is 1. The van der Waals surface area contributed by atoms with E-state index < -0.39 is 23.0 Å². The molecule has 0 spiro atoms. The molecule has 2 rings (SSSR count). The molecular weight excluding hydrogens is 307 g/mol. The molecule has 1 fully saturated rings. The number of carboxylic acids is 1. The summed E-state index contributed by atoms with van der Waals surface area (Å²) >= 11 is 3.05. The molecule has 0 unspecified atom stereocenters. The van der Waals surface area contributed by atoms with E-state index in [1.165, 1.54) is 13.2 Å². The number of methoxy groups -OCH3 is 1. The molecular formula is C12H12BrFO4. The van der Waals surface area contributed by atoms with Gasteiger partial charge in [-0.2, -0.15) is 4.39 Å². The summed E-state index contributed by atoms with van der Waals surface area (Å²) in [4.78, 5) is 10.9. The fraction of sp³-hybridized carbons (Fsp3) is 0.417. The van der Waals surface area contributed by atoms with E-state index in [4.69, 9.17) is 9.84 Å². The van der Waals surface area contributed by atoms with E-state index in [2.05, 4.69) is 15.9 Å². The number of halogens is 2. The largest absolute Gasteiger partial charge is 0.504 e. The Morgan fingerprint density at radius 1 is 1.61 bits per heavy atom. The topological polar surface area (TPSA) is 66.8 Å². The molecule has 1 aromatic carbocycles. The van der Waals surface area contributed by atoms with Gasteiger partial charge in [0.15, 0.2) is 11.5 Å². The van der Waals surface area contributed by atoms with Crippen molar-refractivity contribution in [2.75, 3.05) is 7.11 Å². The van der Waals surface area contributed by atoms with E-state index in [-0.39, 0.29) is 16.6 Å². The third-order valence-corrected chi connectivity index (χ3v) is 3.87. The van der Waals surface area contributed by atoms with Crippen LogP contribution in [0, 0.1) is 5.82 Å². The lowest BCUT2D eigenvalue weighted by Crippen LogP contribution is -2.15. The summed E-state index contributed by atoms with van der Waals surface area (Å²) in [5.74, 6) is -2.39. The van der Waals surface area contributed by atoms with Crippen LogP contribution in [0.15, 0.2) is 10.5 Å². The van der Waals surface area contributed by atoms with E-state index in [0.29, 0.717) is 18.4 Å². The summed E-state index contributed by atoms with van der Waals surface area (Å²) in [6, 6.07) is 1.53. The fourth-order valence-electron chi connectivity index (χ4n) is 2.17. The molecule has 6 heteroatoms. The average molecular weight is 319 g/mol. The number of benzene rings is 1. The molecule has 98 valence electrons. The van der Waals surface area contributed by atoms with Crippen LogP contribution >= 0.6 is 15.9 Å². The second kappa shape index (κ2) is 4.42. The maximum absolute atomic E-state index is 13.9. The van der Waals surface area contributed by atoms with Gasteiger partial charge in [-0.1, -0.05) is 0 Å². The number of ether oxygens (including phenoxy) is 1. The maximum atomic E-state index is 13.9. The summed E-state index contributed by atoms with van der Waals surface area (Å²) in [7, 11) is 1.30. The fourth-order valence-corrected chi connectivity index (χ4v) is 2.57. The minimum atomic E-state index is -0.931. The van der Waals surface area contributed by atoms with Gasteiger partial charge in [0.1, 0.15) is 0 Å². The van der Waals surface area contributed by atoms with Crippen molar-refractivity contribution in [2.24, 2.45) is 0 Å². The summed E-state index contributed by atoms with van der Waals surface area (Å²) in [6.45, 7) is 0. The predicted octanol–water partition coefficient (Wildman–Crippen LogP) is 2.81. The second-order valence-corrected chi connectivity index (χ2v) is 5.31. The van der Waals surface area contributed by atoms with Crippen molar-refractivity contribution >= 4 is 21.9 Å². The first-order valence-electron chi connectivity index (χ1n) is 5.38. The van der Waals surface area contributed by atoms with Gasteiger partial charge in [0, 0.05) is 11.0 Å². The zero-order valence-corrected chi connectivity index (χ0v) is 11.3. The quantitative estimate of drug-likeness (QED) is 0.895. The van der Waals surface area contributed by atoms with Crippen LogP contribution < -0.4 is 4.74 Å². The highest BCUT2D eigenvalue weighted by Crippen LogP contribution is 2.56. The normalized spacial score (nSPS) is 16.4. The molecule has 0 aliphatic heterocycles. The van der Waals surface area contributed by atoms with Gasteiger partial charge in [0.2, 0.25) is 5.82 Å². The minimum absolute atomic E-state index is 0.0694. The number of rotatable bonds is 4. The van der Waals surface area contributed by atoms with Gasteiger partial charge in [-0.25, -0.2) is 0 Å². The standard InChI is InChI=1S/C12H12BrFO4/c1-18-11-6(4-7(13)10(17)9(11)14)12(2-3-12)5-8(15)16/h4,17H,2-3,5H2,1H3,(H,15,16). The van der Waals surface area contributed by atoms with E-state index in [1.54, 1.807) is 0 Å². The van der Waals surface area contributed by atoms with E-state index in [0.717, 1.165) is 0 Å². The van der Waals surface area contributed by atoms with Gasteiger partial charge < -0.3 is 14.9 Å². The van der Waals surface area contributed by atoms with Gasteiger partial charge in [-0.3, -0.25) is 4.79 Å². The van der Waals surface area contributed by atoms with Crippen molar-refractivity contribution in [3.63, 3.8) is 0 Å². The van der Waals surface area contributed by atoms with Gasteiger partial charge in [0.05, 0.1) is 18.0 Å². The summed E-state index contributed by atoms with van der Waals surface area (Å²) in [5.41, 5.74) is -0.0802. The summed E-state index contributed by atoms with van der Waals surface area (Å²) < 4.78 is 19.0. The lowest BCUT2D eigenvalue weighted by Gasteiger charge is -2.18. The number of hydrogen-bond acceptors (Lipinski definition) is 3. The first-order valence-corrected chi connectivity index (χ1v) is 6.18. The molecule has 0 aromatic heterocycles. The molecule has 1 aliphatic carbocycles. The predicted molar refractivity (Wildman–Crippen MR) is 65.5 cm³/mol. The SMILES string of the molecule is COc1c(C2(CC(=O)O)CC2)cc(Br)c(O)c1F. The van der Waals surface area contributed by atoms with Crippen LogP contribution in [0.2, 0.25) is 0 Å². The van der Waals surface area contributed by atoms with Gasteiger partial charge in [-0.15, -0.1) is 0 Å². The Hall–Kier alpha value is -1.30. The number of phenols is 1. The van der Waals surface area contributed by atoms with Gasteiger partial charge in [0.25, 0.3) is 0 Å². The van der Waals surface area contributed by atoms with Crippen LogP contribution in [0.25, 0.3) is 0 Å². The molecule has 0 amide bonds. The lowest BCUT2D eigenvalue weighted by molar-refractivity contribution is -0.137. The van der Waals surface area contributed by atoms with Crippen molar-refractivity contribution in [1.29, 1.82) is 0 Å². The molecule has 2 N–H and O–H groups in total. The van der Waals surface area contributed by atoms with Crippen LogP contribution in [-0.4, -0.2) is 23.3 Å². The molecule has 4 nitrogen and oxygen atoms in total. The van der Waals surface area contributed by atoms with Crippen molar-refractivity contribution in [3.8, 4) is 11.5 Å². The van der Waals surface area contributed by atoms with Crippen molar-refractivity contribution < 1.29 is 24.1 Å². The number of carboxylic acid groups (broad SMARTS) is 1. The van der Waals surface area contributed by atoms with E-state index in [1.807, 2.05) is 0 Å². The zero-order chi connectivity index (χ0) is 13.5. The van der Waals surface area contributed by atoms with Gasteiger partial charge in [-0.05, 0) is 34.8 Å². The van der Waals surface area contributed by atoms with Crippen LogP contribution in [0.4, 0.5) is 4.39 Å². The summed E-state index contributed by atoms with van der Waals surface area (Å²) in [6.07, 6.45) is 1.28. The Morgan fingerprint density at radius 2 is 2.22 bits per heavy atom. The Morgan fingerprint density at radius 3 is 2.67 bits per heavy atom. The Bertz CT molecular complexity index is 511. The second-order valence-electron chi connectivity index (χ2n) is 4.45. The third-order valence-electron chi connectivity index (χ3n) is 3.27. The van der Waals surface area contributed by atoms with Crippen LogP contribution in [0.3, 0.4) is 0 Å². The molecule has 1 saturated carbocycles. The third kappa shape index (κ3) is 2.05. The van der Waals surface area contributed by atoms with Crippen molar-refractivity contribution in [2.45, 2.75) is 24.7 Å². The first-order chi connectivity index (χ1) is 8.41. The van der Waals surface area contributed by atoms with Gasteiger partial charge >= 0.3 is 5.97 Å². The number of hydrogen-bond donors (Lipinski definition) is 2. The highest BCUT2D eigenvalue weighted by molar-refractivity contribution is 9.10. The zero-order valence-electron chi connectivity index (χ0n) is 9.67. The first kappa shape index (κ1) is 13.1. The summed E-state index contributed by atoms with van der Waals surface area (Å²) in [5, 5.41) is 18.4. The molecule has 0 atom stereocenters. The molecule has 0 bridgehead atoms. The van der Waals surface area contributed by atoms with E-state index >= 15 is 0 Å². The number of carbonyl (C=O) groups is 1. The van der Waals surface area contributed by atoms with Crippen LogP contribution in [0.1, 0.15) is 24.8 Å². The monoisotopic (exact) mass is 318 g/mol. The highest BCUT2D eigenvalue weighted by atomic mass is 79.9. The smallest absolute Gasteiger partial charge is 0.304 e. The number of aliphatic carboxylic acids is 1. The Kier molecular flexibility index (Phi) is 3.23. The molecule has 1 aliphatic rings. The Labute approximate surface area is 112 Å². The molecule has 18 heavy (non-hydrogen) atoms. The molecule has 1 aromatic rings. The van der Waals surface area contributed by atoms with Crippen molar-refractivity contribution in [1.82, 2.24) is 0 Å². The lowest BCUT2D eigenvalue weighted by atomic mass is 9.91. The molecule has 0 heterocycles. The highest BCUT2D eigenvalue weighted by Gasteiger charge is 2.48. The van der Waals surface area contributed by atoms with E-state index in [9.17, 15) is 14.3 Å².